The molecule has 0 unspecified atom stereocenters. The third-order valence-corrected chi connectivity index (χ3v) is 0. The van der Waals surface area contributed by atoms with E-state index in [0.29, 0.717) is 0 Å². The van der Waals surface area contributed by atoms with Crippen molar-refractivity contribution in [2.75, 3.05) is 0 Å². The fraction of sp³-hybridized carbons (Fsp3) is 0. The van der Waals surface area contributed by atoms with Gasteiger partial charge in [-0.25, -0.2) is 0 Å². The molecule has 0 saturated heterocycles. The van der Waals surface area contributed by atoms with Crippen LogP contribution >= 0.6 is 0 Å². The summed E-state index contributed by atoms with van der Waals surface area (Å²) in [7, 11) is 0. The third kappa shape index (κ3) is 116. The Morgan fingerprint density at radius 3 is 0.154 bits per heavy atom. The quantitative estimate of drug-likeness (QED) is 0.305. The molecule has 0 fully saturated rings. The van der Waals surface area contributed by atoms with Gasteiger partial charge in [-0.05, 0) is 0 Å². The molecule has 0 amide bonds. The summed E-state index contributed by atoms with van der Waals surface area (Å²) in [5, 5.41) is 0. The van der Waals surface area contributed by atoms with Gasteiger partial charge in [0, 0.05) is 221 Å². The molecular formula is Al8Ni5. The molecule has 13 heteroatoms. The predicted molar refractivity (Wildman–Crippen MR) is 46.0 cm³/mol. The van der Waals surface area contributed by atoms with E-state index < -0.39 is 0 Å². The van der Waals surface area contributed by atoms with E-state index in [9.17, 15) is 0 Å². The molecule has 0 atom stereocenters. The smallest absolute Gasteiger partial charge is 0 e. The van der Waals surface area contributed by atoms with Gasteiger partial charge in [-0.3, -0.25) is 0 Å². The van der Waals surface area contributed by atoms with Crippen molar-refractivity contribution >= 4 is 139 Å². The van der Waals surface area contributed by atoms with Crippen LogP contribution in [0.2, 0.25) is 0 Å². The molecule has 0 spiro atoms. The van der Waals surface area contributed by atoms with Gasteiger partial charge in [0.1, 0.15) is 0 Å². The molecule has 0 aromatic heterocycles. The van der Waals surface area contributed by atoms with Crippen LogP contribution in [0.15, 0.2) is 0 Å². The van der Waals surface area contributed by atoms with Crippen LogP contribution in [-0.4, -0.2) is 139 Å². The Labute approximate surface area is 217 Å². The second-order valence-electron chi connectivity index (χ2n) is 0. The first-order valence-electron chi connectivity index (χ1n) is 0. The van der Waals surface area contributed by atoms with Gasteiger partial charge in [-0.1, -0.05) is 0 Å². The van der Waals surface area contributed by atoms with Crippen molar-refractivity contribution in [2.45, 2.75) is 0 Å². The van der Waals surface area contributed by atoms with Gasteiger partial charge in [0.05, 0.1) is 0 Å². The van der Waals surface area contributed by atoms with E-state index in [1.165, 1.54) is 0 Å². The third-order valence-electron chi connectivity index (χ3n) is 0. The van der Waals surface area contributed by atoms with E-state index in [4.69, 9.17) is 0 Å². The summed E-state index contributed by atoms with van der Waals surface area (Å²) < 4.78 is 0. The van der Waals surface area contributed by atoms with Gasteiger partial charge >= 0.3 is 0 Å². The molecule has 24 radical (unpaired) electrons. The molecule has 0 nitrogen and oxygen atoms in total. The van der Waals surface area contributed by atoms with Crippen molar-refractivity contribution < 1.29 is 82.5 Å². The maximum absolute atomic E-state index is 0. The summed E-state index contributed by atoms with van der Waals surface area (Å²) in [6.07, 6.45) is 0. The second-order valence-corrected chi connectivity index (χ2v) is 0. The van der Waals surface area contributed by atoms with E-state index in [1.807, 2.05) is 0 Å². The van der Waals surface area contributed by atoms with Gasteiger partial charge in [0.25, 0.3) is 0 Å². The minimum Gasteiger partial charge on any atom is 0 e. The molecule has 0 aromatic rings. The van der Waals surface area contributed by atoms with Gasteiger partial charge in [0.2, 0.25) is 0 Å². The average Bonchev–Trinajstić information content (AvgIpc) is 0. The van der Waals surface area contributed by atoms with E-state index in [0.717, 1.165) is 0 Å². The van der Waals surface area contributed by atoms with Crippen LogP contribution < -0.4 is 0 Å². The zero-order valence-corrected chi connectivity index (χ0v) is 20.4. The first-order chi connectivity index (χ1) is 0. The minimum atomic E-state index is 0. The maximum atomic E-state index is 0. The molecule has 0 aromatic carbocycles. The Hall–Kier alpha value is 6.73. The van der Waals surface area contributed by atoms with Crippen molar-refractivity contribution in [1.29, 1.82) is 0 Å². The van der Waals surface area contributed by atoms with E-state index in [-0.39, 0.29) is 221 Å². The van der Waals surface area contributed by atoms with Crippen LogP contribution in [0.25, 0.3) is 0 Å². The summed E-state index contributed by atoms with van der Waals surface area (Å²) in [5.41, 5.74) is 0. The molecule has 0 aliphatic carbocycles. The van der Waals surface area contributed by atoms with Crippen LogP contribution in [0.3, 0.4) is 0 Å². The van der Waals surface area contributed by atoms with Crippen LogP contribution in [0.5, 0.6) is 0 Å². The molecule has 0 aliphatic heterocycles. The second kappa shape index (κ2) is 130. The molecule has 74 valence electrons. The number of hydrogen-bond donors (Lipinski definition) is 0. The van der Waals surface area contributed by atoms with Gasteiger partial charge in [-0.15, -0.1) is 0 Å². The zero-order chi connectivity index (χ0) is 0. The van der Waals surface area contributed by atoms with Crippen LogP contribution in [0, 0.1) is 0 Å². The summed E-state index contributed by atoms with van der Waals surface area (Å²) >= 11 is 0. The van der Waals surface area contributed by atoms with Crippen molar-refractivity contribution in [3.05, 3.63) is 0 Å². The average molecular weight is 509 g/mol. The van der Waals surface area contributed by atoms with Gasteiger partial charge < -0.3 is 0 Å². The Bertz CT molecular complexity index is 12.5. The van der Waals surface area contributed by atoms with E-state index in [2.05, 4.69) is 0 Å². The molecule has 0 N–H and O–H groups in total. The largest absolute Gasteiger partial charge is 0 e. The fourth-order valence-electron chi connectivity index (χ4n) is 0. The number of hydrogen-bond acceptors (Lipinski definition) is 0. The van der Waals surface area contributed by atoms with Gasteiger partial charge in [-0.2, -0.15) is 0 Å². The Kier molecular flexibility index (Phi) is 1530. The zero-order valence-electron chi connectivity index (χ0n) is 6.20. The minimum absolute atomic E-state index is 0. The SMILES string of the molecule is [Al].[Al].[Al].[Al].[Al].[Al].[Al].[Al].[Ni].[Ni].[Ni].[Ni].[Ni]. The molecular weight excluding hydrogens is 509 g/mol. The normalized spacial score (nSPS) is 0. The molecule has 0 bridgehead atoms. The van der Waals surface area contributed by atoms with Crippen molar-refractivity contribution in [2.24, 2.45) is 0 Å². The molecule has 0 rings (SSSR count). The van der Waals surface area contributed by atoms with Crippen molar-refractivity contribution in [1.82, 2.24) is 0 Å². The summed E-state index contributed by atoms with van der Waals surface area (Å²) in [5.74, 6) is 0. The summed E-state index contributed by atoms with van der Waals surface area (Å²) in [6.45, 7) is 0. The molecule has 0 saturated carbocycles. The summed E-state index contributed by atoms with van der Waals surface area (Å²) in [6, 6.07) is 0. The van der Waals surface area contributed by atoms with Crippen molar-refractivity contribution in [3.8, 4) is 0 Å². The van der Waals surface area contributed by atoms with Crippen molar-refractivity contribution in [3.63, 3.8) is 0 Å². The molecule has 0 heterocycles. The molecule has 13 heavy (non-hydrogen) atoms. The van der Waals surface area contributed by atoms with E-state index >= 15 is 0 Å². The van der Waals surface area contributed by atoms with Gasteiger partial charge in [0.15, 0.2) is 0 Å². The van der Waals surface area contributed by atoms with Crippen LogP contribution in [-0.2, 0) is 82.5 Å². The van der Waals surface area contributed by atoms with E-state index in [1.54, 1.807) is 0 Å². The first kappa shape index (κ1) is 153. The standard InChI is InChI=1S/8Al.5Ni. The number of rotatable bonds is 0. The Balaban J connectivity index is 0. The monoisotopic (exact) mass is 506 g/mol. The first-order valence-corrected chi connectivity index (χ1v) is 0. The fourth-order valence-corrected chi connectivity index (χ4v) is 0. The predicted octanol–water partition coefficient (Wildman–Crippen LogP) is -3.06. The van der Waals surface area contributed by atoms with Crippen LogP contribution in [0.1, 0.15) is 0 Å². The maximum Gasteiger partial charge on any atom is 0 e. The Morgan fingerprint density at radius 1 is 0.154 bits per heavy atom. The summed E-state index contributed by atoms with van der Waals surface area (Å²) in [4.78, 5) is 0. The topological polar surface area (TPSA) is 0 Å². The Morgan fingerprint density at radius 2 is 0.154 bits per heavy atom. The van der Waals surface area contributed by atoms with Crippen LogP contribution in [0.4, 0.5) is 0 Å². The molecule has 0 aliphatic rings.